The number of hydrogen-bond donors (Lipinski definition) is 1. The van der Waals surface area contributed by atoms with Gasteiger partial charge in [0.1, 0.15) is 5.75 Å². The fraction of sp³-hybridized carbons (Fsp3) is 0.500. The Morgan fingerprint density at radius 2 is 2.05 bits per heavy atom. The van der Waals surface area contributed by atoms with Gasteiger partial charge in [-0.25, -0.2) is 5.43 Å². The third kappa shape index (κ3) is 5.83. The van der Waals surface area contributed by atoms with Crippen LogP contribution in [-0.4, -0.2) is 56.0 Å². The molecule has 22 heavy (non-hydrogen) atoms. The van der Waals surface area contributed by atoms with Crippen LogP contribution in [0.3, 0.4) is 0 Å². The van der Waals surface area contributed by atoms with Gasteiger partial charge in [0, 0.05) is 13.1 Å². The van der Waals surface area contributed by atoms with E-state index in [4.69, 9.17) is 9.47 Å². The maximum Gasteiger partial charge on any atom is 0.254 e. The highest BCUT2D eigenvalue weighted by molar-refractivity contribution is 5.83. The number of nitrogens with zero attached hydrogens (tertiary/aromatic N) is 2. The van der Waals surface area contributed by atoms with Crippen molar-refractivity contribution in [2.45, 2.75) is 20.0 Å². The van der Waals surface area contributed by atoms with Gasteiger partial charge in [0.2, 0.25) is 0 Å². The van der Waals surface area contributed by atoms with Crippen molar-refractivity contribution in [3.05, 3.63) is 29.8 Å². The van der Waals surface area contributed by atoms with Crippen LogP contribution in [0, 0.1) is 0 Å². The number of hydrogen-bond acceptors (Lipinski definition) is 5. The molecule has 1 amide bonds. The van der Waals surface area contributed by atoms with Crippen LogP contribution in [0.2, 0.25) is 0 Å². The van der Waals surface area contributed by atoms with E-state index in [-0.39, 0.29) is 12.0 Å². The lowest BCUT2D eigenvalue weighted by atomic mass is 10.2. The zero-order valence-corrected chi connectivity index (χ0v) is 13.1. The number of morpholine rings is 1. The van der Waals surface area contributed by atoms with Crippen LogP contribution in [-0.2, 0) is 9.53 Å². The van der Waals surface area contributed by atoms with Crippen LogP contribution >= 0.6 is 0 Å². The molecule has 1 fully saturated rings. The van der Waals surface area contributed by atoms with Gasteiger partial charge in [-0.2, -0.15) is 5.10 Å². The minimum absolute atomic E-state index is 0.113. The van der Waals surface area contributed by atoms with Gasteiger partial charge in [0.05, 0.1) is 32.1 Å². The SMILES string of the molecule is CC(C)Oc1ccc(/C=N\NC(=O)CN2CCOCC2)cc1. The van der Waals surface area contributed by atoms with Gasteiger partial charge in [-0.15, -0.1) is 0 Å². The van der Waals surface area contributed by atoms with E-state index in [9.17, 15) is 4.79 Å². The zero-order valence-electron chi connectivity index (χ0n) is 13.1. The molecule has 0 aromatic heterocycles. The molecule has 1 saturated heterocycles. The molecule has 0 radical (unpaired) electrons. The summed E-state index contributed by atoms with van der Waals surface area (Å²) in [5, 5.41) is 3.97. The Balaban J connectivity index is 1.75. The van der Waals surface area contributed by atoms with Crippen LogP contribution in [0.25, 0.3) is 0 Å². The highest BCUT2D eigenvalue weighted by atomic mass is 16.5. The number of ether oxygens (including phenoxy) is 2. The minimum atomic E-state index is -0.113. The topological polar surface area (TPSA) is 63.2 Å². The zero-order chi connectivity index (χ0) is 15.8. The molecule has 120 valence electrons. The average molecular weight is 305 g/mol. The monoisotopic (exact) mass is 305 g/mol. The second-order valence-electron chi connectivity index (χ2n) is 5.42. The molecule has 6 nitrogen and oxygen atoms in total. The molecule has 1 aliphatic heterocycles. The molecule has 1 aliphatic rings. The van der Waals surface area contributed by atoms with Gasteiger partial charge >= 0.3 is 0 Å². The van der Waals surface area contributed by atoms with Crippen molar-refractivity contribution in [1.29, 1.82) is 0 Å². The van der Waals surface area contributed by atoms with Crippen LogP contribution in [0.15, 0.2) is 29.4 Å². The van der Waals surface area contributed by atoms with Crippen molar-refractivity contribution in [2.24, 2.45) is 5.10 Å². The molecule has 0 bridgehead atoms. The van der Waals surface area contributed by atoms with Crippen molar-refractivity contribution < 1.29 is 14.3 Å². The summed E-state index contributed by atoms with van der Waals surface area (Å²) >= 11 is 0. The third-order valence-electron chi connectivity index (χ3n) is 3.13. The number of nitrogens with one attached hydrogen (secondary N) is 1. The van der Waals surface area contributed by atoms with E-state index in [0.717, 1.165) is 24.4 Å². The van der Waals surface area contributed by atoms with Gasteiger partial charge < -0.3 is 9.47 Å². The number of amides is 1. The maximum atomic E-state index is 11.7. The van der Waals surface area contributed by atoms with Crippen molar-refractivity contribution in [1.82, 2.24) is 10.3 Å². The second kappa shape index (κ2) is 8.51. The summed E-state index contributed by atoms with van der Waals surface area (Å²) in [7, 11) is 0. The summed E-state index contributed by atoms with van der Waals surface area (Å²) in [5.74, 6) is 0.710. The van der Waals surface area contributed by atoms with E-state index < -0.39 is 0 Å². The molecule has 0 spiro atoms. The van der Waals surface area contributed by atoms with Crippen molar-refractivity contribution in [3.63, 3.8) is 0 Å². The smallest absolute Gasteiger partial charge is 0.254 e. The molecular weight excluding hydrogens is 282 g/mol. The van der Waals surface area contributed by atoms with E-state index in [1.54, 1.807) is 6.21 Å². The van der Waals surface area contributed by atoms with Crippen molar-refractivity contribution >= 4 is 12.1 Å². The van der Waals surface area contributed by atoms with Crippen molar-refractivity contribution in [2.75, 3.05) is 32.8 Å². The lowest BCUT2D eigenvalue weighted by Crippen LogP contribution is -2.42. The molecule has 0 saturated carbocycles. The molecule has 1 N–H and O–H groups in total. The fourth-order valence-corrected chi connectivity index (χ4v) is 2.08. The highest BCUT2D eigenvalue weighted by Gasteiger charge is 2.13. The van der Waals surface area contributed by atoms with Crippen molar-refractivity contribution in [3.8, 4) is 5.75 Å². The summed E-state index contributed by atoms with van der Waals surface area (Å²) in [6.45, 7) is 7.26. The van der Waals surface area contributed by atoms with E-state index in [2.05, 4.69) is 10.5 Å². The molecule has 1 aromatic carbocycles. The molecular formula is C16H23N3O3. The van der Waals surface area contributed by atoms with Gasteiger partial charge in [-0.3, -0.25) is 9.69 Å². The van der Waals surface area contributed by atoms with E-state index in [1.165, 1.54) is 0 Å². The molecule has 1 aromatic rings. The molecule has 0 unspecified atom stereocenters. The normalized spacial score (nSPS) is 16.1. The molecule has 2 rings (SSSR count). The number of carbonyl (C=O) groups is 1. The van der Waals surface area contributed by atoms with Gasteiger partial charge in [0.15, 0.2) is 0 Å². The first-order valence-electron chi connectivity index (χ1n) is 7.52. The summed E-state index contributed by atoms with van der Waals surface area (Å²) in [4.78, 5) is 13.8. The fourth-order valence-electron chi connectivity index (χ4n) is 2.08. The predicted octanol–water partition coefficient (Wildman–Crippen LogP) is 1.26. The van der Waals surface area contributed by atoms with Crippen LogP contribution < -0.4 is 10.2 Å². The molecule has 0 atom stereocenters. The Labute approximate surface area is 131 Å². The van der Waals surface area contributed by atoms with Gasteiger partial charge in [0.25, 0.3) is 5.91 Å². The first kappa shape index (κ1) is 16.5. The Morgan fingerprint density at radius 1 is 1.36 bits per heavy atom. The summed E-state index contributed by atoms with van der Waals surface area (Å²) in [6, 6.07) is 7.57. The maximum absolute atomic E-state index is 11.7. The largest absolute Gasteiger partial charge is 0.491 e. The number of rotatable bonds is 6. The van der Waals surface area contributed by atoms with E-state index >= 15 is 0 Å². The summed E-state index contributed by atoms with van der Waals surface area (Å²) < 4.78 is 10.8. The predicted molar refractivity (Wildman–Crippen MR) is 85.2 cm³/mol. The number of benzene rings is 1. The molecule has 1 heterocycles. The number of carbonyl (C=O) groups excluding carboxylic acids is 1. The Bertz CT molecular complexity index is 494. The first-order chi connectivity index (χ1) is 10.6. The standard InChI is InChI=1S/C16H23N3O3/c1-13(2)22-15-5-3-14(4-6-15)11-17-18-16(20)12-19-7-9-21-10-8-19/h3-6,11,13H,7-10,12H2,1-2H3,(H,18,20)/b17-11-. The van der Waals surface area contributed by atoms with Crippen LogP contribution in [0.1, 0.15) is 19.4 Å². The molecule has 6 heteroatoms. The third-order valence-corrected chi connectivity index (χ3v) is 3.13. The number of hydrazone groups is 1. The first-order valence-corrected chi connectivity index (χ1v) is 7.52. The van der Waals surface area contributed by atoms with Crippen LogP contribution in [0.5, 0.6) is 5.75 Å². The van der Waals surface area contributed by atoms with Gasteiger partial charge in [-0.1, -0.05) is 0 Å². The van der Waals surface area contributed by atoms with E-state index in [0.29, 0.717) is 19.8 Å². The van der Waals surface area contributed by atoms with E-state index in [1.807, 2.05) is 43.0 Å². The Kier molecular flexibility index (Phi) is 6.36. The minimum Gasteiger partial charge on any atom is -0.491 e. The lowest BCUT2D eigenvalue weighted by Gasteiger charge is -2.25. The molecule has 0 aliphatic carbocycles. The van der Waals surface area contributed by atoms with Gasteiger partial charge in [-0.05, 0) is 43.7 Å². The average Bonchev–Trinajstić information content (AvgIpc) is 2.49. The highest BCUT2D eigenvalue weighted by Crippen LogP contribution is 2.12. The lowest BCUT2D eigenvalue weighted by molar-refractivity contribution is -0.123. The Hall–Kier alpha value is -1.92. The Morgan fingerprint density at radius 3 is 2.68 bits per heavy atom. The summed E-state index contributed by atoms with van der Waals surface area (Å²) in [5.41, 5.74) is 3.45. The quantitative estimate of drug-likeness (QED) is 0.635. The van der Waals surface area contributed by atoms with Crippen LogP contribution in [0.4, 0.5) is 0 Å². The summed E-state index contributed by atoms with van der Waals surface area (Å²) in [6.07, 6.45) is 1.77. The second-order valence-corrected chi connectivity index (χ2v) is 5.42.